The highest BCUT2D eigenvalue weighted by Gasteiger charge is 2.09. The van der Waals surface area contributed by atoms with E-state index in [4.69, 9.17) is 5.73 Å². The van der Waals surface area contributed by atoms with Gasteiger partial charge in [-0.05, 0) is 28.6 Å². The molecule has 0 saturated carbocycles. The van der Waals surface area contributed by atoms with Crippen LogP contribution in [0.5, 0.6) is 0 Å². The highest BCUT2D eigenvalue weighted by Crippen LogP contribution is 2.17. The number of nitrogens with one attached hydrogen (secondary N) is 1. The number of nitrogens with zero attached hydrogens (tertiary/aromatic N) is 4. The van der Waals surface area contributed by atoms with Crippen molar-refractivity contribution in [2.75, 3.05) is 17.6 Å². The van der Waals surface area contributed by atoms with Crippen LogP contribution in [0.1, 0.15) is 0 Å². The van der Waals surface area contributed by atoms with Gasteiger partial charge in [0.15, 0.2) is 0 Å². The summed E-state index contributed by atoms with van der Waals surface area (Å²) in [5.41, 5.74) is 6.19. The minimum Gasteiger partial charge on any atom is -0.329 e. The largest absolute Gasteiger partial charge is 0.329 e. The number of carbonyl (C=O) groups is 1. The van der Waals surface area contributed by atoms with Gasteiger partial charge >= 0.3 is 0 Å². The summed E-state index contributed by atoms with van der Waals surface area (Å²) in [6.45, 7) is 0.978. The van der Waals surface area contributed by atoms with E-state index in [0.717, 1.165) is 10.2 Å². The molecule has 7 nitrogen and oxygen atoms in total. The summed E-state index contributed by atoms with van der Waals surface area (Å²) >= 11 is 4.62. The monoisotopic (exact) mass is 356 g/mol. The Kier molecular flexibility index (Phi) is 5.50. The number of amides is 1. The summed E-state index contributed by atoms with van der Waals surface area (Å²) in [4.78, 5) is 11.8. The van der Waals surface area contributed by atoms with Crippen molar-refractivity contribution in [3.8, 4) is 0 Å². The fourth-order valence-corrected chi connectivity index (χ4v) is 2.56. The molecule has 0 aliphatic carbocycles. The highest BCUT2D eigenvalue weighted by molar-refractivity contribution is 9.10. The van der Waals surface area contributed by atoms with Crippen LogP contribution in [0.15, 0.2) is 33.9 Å². The van der Waals surface area contributed by atoms with Crippen LogP contribution in [0.4, 0.5) is 5.69 Å². The molecule has 0 atom stereocenters. The van der Waals surface area contributed by atoms with Gasteiger partial charge in [0, 0.05) is 16.7 Å². The number of aromatic nitrogens is 4. The SMILES string of the molecule is NCCn1nnnc1SCC(=O)Nc1cccc(Br)c1. The van der Waals surface area contributed by atoms with Gasteiger partial charge in [0.25, 0.3) is 0 Å². The number of tetrazole rings is 1. The average molecular weight is 357 g/mol. The van der Waals surface area contributed by atoms with E-state index >= 15 is 0 Å². The Balaban J connectivity index is 1.87. The molecular weight excluding hydrogens is 344 g/mol. The molecule has 0 saturated heterocycles. The number of hydrogen-bond donors (Lipinski definition) is 2. The number of carbonyl (C=O) groups excluding carboxylic acids is 1. The van der Waals surface area contributed by atoms with Crippen molar-refractivity contribution in [3.63, 3.8) is 0 Å². The molecular formula is C11H13BrN6OS. The van der Waals surface area contributed by atoms with Crippen molar-refractivity contribution in [3.05, 3.63) is 28.7 Å². The summed E-state index contributed by atoms with van der Waals surface area (Å²) < 4.78 is 2.49. The zero-order chi connectivity index (χ0) is 14.4. The van der Waals surface area contributed by atoms with Gasteiger partial charge in [0.05, 0.1) is 12.3 Å². The smallest absolute Gasteiger partial charge is 0.234 e. The molecule has 106 valence electrons. The number of thioether (sulfide) groups is 1. The van der Waals surface area contributed by atoms with Crippen LogP contribution in [0.3, 0.4) is 0 Å². The zero-order valence-electron chi connectivity index (χ0n) is 10.5. The van der Waals surface area contributed by atoms with Crippen molar-refractivity contribution in [2.45, 2.75) is 11.7 Å². The van der Waals surface area contributed by atoms with Crippen molar-refractivity contribution in [1.82, 2.24) is 20.2 Å². The first-order valence-corrected chi connectivity index (χ1v) is 7.61. The number of rotatable bonds is 6. The molecule has 0 fully saturated rings. The molecule has 2 aromatic rings. The summed E-state index contributed by atoms with van der Waals surface area (Å²) in [5.74, 6) is 0.118. The molecule has 2 rings (SSSR count). The molecule has 0 aliphatic rings. The Labute approximate surface area is 128 Å². The van der Waals surface area contributed by atoms with E-state index in [9.17, 15) is 4.79 Å². The van der Waals surface area contributed by atoms with Crippen molar-refractivity contribution in [2.24, 2.45) is 5.73 Å². The van der Waals surface area contributed by atoms with Gasteiger partial charge in [0.1, 0.15) is 0 Å². The van der Waals surface area contributed by atoms with E-state index in [1.165, 1.54) is 11.8 Å². The zero-order valence-corrected chi connectivity index (χ0v) is 12.9. The summed E-state index contributed by atoms with van der Waals surface area (Å²) in [6, 6.07) is 7.41. The molecule has 1 amide bonds. The first kappa shape index (κ1) is 14.9. The van der Waals surface area contributed by atoms with Crippen LogP contribution >= 0.6 is 27.7 Å². The number of benzene rings is 1. The summed E-state index contributed by atoms with van der Waals surface area (Å²) in [7, 11) is 0. The van der Waals surface area contributed by atoms with E-state index in [-0.39, 0.29) is 11.7 Å². The van der Waals surface area contributed by atoms with E-state index < -0.39 is 0 Å². The van der Waals surface area contributed by atoms with Gasteiger partial charge in [-0.2, -0.15) is 0 Å². The number of nitrogens with two attached hydrogens (primary N) is 1. The molecule has 1 aromatic carbocycles. The third kappa shape index (κ3) is 4.29. The highest BCUT2D eigenvalue weighted by atomic mass is 79.9. The maximum absolute atomic E-state index is 11.8. The molecule has 0 aliphatic heterocycles. The van der Waals surface area contributed by atoms with Gasteiger partial charge in [-0.1, -0.05) is 33.8 Å². The van der Waals surface area contributed by atoms with E-state index in [1.54, 1.807) is 4.68 Å². The quantitative estimate of drug-likeness (QED) is 0.752. The lowest BCUT2D eigenvalue weighted by atomic mass is 10.3. The van der Waals surface area contributed by atoms with Crippen LogP contribution in [-0.2, 0) is 11.3 Å². The number of anilines is 1. The molecule has 20 heavy (non-hydrogen) atoms. The topological polar surface area (TPSA) is 98.7 Å². The lowest BCUT2D eigenvalue weighted by molar-refractivity contribution is -0.113. The van der Waals surface area contributed by atoms with E-state index in [2.05, 4.69) is 36.8 Å². The first-order valence-electron chi connectivity index (χ1n) is 5.83. The standard InChI is InChI=1S/C11H13BrN6OS/c12-8-2-1-3-9(6-8)14-10(19)7-20-11-15-16-17-18(11)5-4-13/h1-3,6H,4-5,7,13H2,(H,14,19). The Bertz CT molecular complexity index is 590. The third-order valence-corrected chi connectivity index (χ3v) is 3.73. The van der Waals surface area contributed by atoms with Crippen LogP contribution in [0, 0.1) is 0 Å². The van der Waals surface area contributed by atoms with Gasteiger partial charge in [-0.15, -0.1) is 5.10 Å². The summed E-state index contributed by atoms with van der Waals surface area (Å²) in [6.07, 6.45) is 0. The van der Waals surface area contributed by atoms with Gasteiger partial charge in [0.2, 0.25) is 11.1 Å². The molecule has 0 unspecified atom stereocenters. The maximum Gasteiger partial charge on any atom is 0.234 e. The van der Waals surface area contributed by atoms with Crippen LogP contribution in [0.2, 0.25) is 0 Å². The molecule has 1 aromatic heterocycles. The lowest BCUT2D eigenvalue weighted by Gasteiger charge is -2.05. The molecule has 0 radical (unpaired) electrons. The normalized spacial score (nSPS) is 10.5. The van der Waals surface area contributed by atoms with Crippen molar-refractivity contribution in [1.29, 1.82) is 0 Å². The molecule has 3 N–H and O–H groups in total. The fourth-order valence-electron chi connectivity index (χ4n) is 1.46. The lowest BCUT2D eigenvalue weighted by Crippen LogP contribution is -2.16. The summed E-state index contributed by atoms with van der Waals surface area (Å²) in [5, 5.41) is 14.6. The van der Waals surface area contributed by atoms with Crippen molar-refractivity contribution >= 4 is 39.3 Å². The Morgan fingerprint density at radius 3 is 3.10 bits per heavy atom. The van der Waals surface area contributed by atoms with Gasteiger partial charge in [-0.25, -0.2) is 4.68 Å². The van der Waals surface area contributed by atoms with Crippen molar-refractivity contribution < 1.29 is 4.79 Å². The Morgan fingerprint density at radius 1 is 1.50 bits per heavy atom. The Morgan fingerprint density at radius 2 is 2.35 bits per heavy atom. The number of halogens is 1. The first-order chi connectivity index (χ1) is 9.69. The molecule has 0 bridgehead atoms. The van der Waals surface area contributed by atoms with E-state index in [0.29, 0.717) is 18.2 Å². The second kappa shape index (κ2) is 7.36. The third-order valence-electron chi connectivity index (χ3n) is 2.28. The van der Waals surface area contributed by atoms with Gasteiger partial charge in [-0.3, -0.25) is 4.79 Å². The predicted octanol–water partition coefficient (Wildman–Crippen LogP) is 1.13. The average Bonchev–Trinajstić information content (AvgIpc) is 2.84. The molecule has 9 heteroatoms. The molecule has 1 heterocycles. The van der Waals surface area contributed by atoms with Crippen LogP contribution < -0.4 is 11.1 Å². The second-order valence-corrected chi connectivity index (χ2v) is 5.68. The van der Waals surface area contributed by atoms with Crippen LogP contribution in [-0.4, -0.2) is 38.4 Å². The second-order valence-electron chi connectivity index (χ2n) is 3.82. The predicted molar refractivity (Wildman–Crippen MR) is 80.4 cm³/mol. The maximum atomic E-state index is 11.8. The number of hydrogen-bond acceptors (Lipinski definition) is 6. The minimum absolute atomic E-state index is 0.115. The fraction of sp³-hybridized carbons (Fsp3) is 0.273. The minimum atomic E-state index is -0.115. The van der Waals surface area contributed by atoms with Gasteiger partial charge < -0.3 is 11.1 Å². The van der Waals surface area contributed by atoms with E-state index in [1.807, 2.05) is 24.3 Å². The Hall–Kier alpha value is -1.45. The molecule has 0 spiro atoms. The van der Waals surface area contributed by atoms with Crippen LogP contribution in [0.25, 0.3) is 0 Å².